The van der Waals surface area contributed by atoms with Crippen LogP contribution < -0.4 is 9.47 Å². The number of nitro benzene ring substituents is 1. The highest BCUT2D eigenvalue weighted by atomic mass is 32.2. The van der Waals surface area contributed by atoms with Gasteiger partial charge in [0.25, 0.3) is 11.6 Å². The number of carbonyl (C=O) groups excluding carboxylic acids is 1. The van der Waals surface area contributed by atoms with Gasteiger partial charge in [-0.2, -0.15) is 9.39 Å². The van der Waals surface area contributed by atoms with Gasteiger partial charge in [0.15, 0.2) is 16.7 Å². The molecule has 0 saturated carbocycles. The van der Waals surface area contributed by atoms with Gasteiger partial charge < -0.3 is 9.47 Å². The Morgan fingerprint density at radius 1 is 1.24 bits per heavy atom. The number of non-ortho nitro benzene ring substituents is 1. The van der Waals surface area contributed by atoms with Crippen molar-refractivity contribution in [3.05, 3.63) is 69.3 Å². The number of thioether (sulfide) groups is 1. The SMILES string of the molecule is COc1cc(/C=C2/C(=N)N3C(SC)=NSC3=NC2=O)ccc1OCc1ccc([N+](=O)[O-])cc1. The van der Waals surface area contributed by atoms with Gasteiger partial charge in [0.05, 0.1) is 29.6 Å². The lowest BCUT2D eigenvalue weighted by molar-refractivity contribution is -0.384. The summed E-state index contributed by atoms with van der Waals surface area (Å²) in [6, 6.07) is 11.2. The predicted octanol–water partition coefficient (Wildman–Crippen LogP) is 4.12. The Hall–Kier alpha value is -3.64. The van der Waals surface area contributed by atoms with Gasteiger partial charge >= 0.3 is 0 Å². The summed E-state index contributed by atoms with van der Waals surface area (Å²) < 4.78 is 15.5. The number of benzene rings is 2. The van der Waals surface area contributed by atoms with Crippen molar-refractivity contribution in [2.75, 3.05) is 13.4 Å². The third-order valence-electron chi connectivity index (χ3n) is 4.72. The second kappa shape index (κ2) is 9.46. The number of nitro groups is 1. The van der Waals surface area contributed by atoms with Gasteiger partial charge in [-0.1, -0.05) is 17.8 Å². The maximum Gasteiger partial charge on any atom is 0.283 e. The number of carbonyl (C=O) groups is 1. The summed E-state index contributed by atoms with van der Waals surface area (Å²) in [6.07, 6.45) is 3.42. The average molecular weight is 484 g/mol. The molecule has 1 amide bonds. The molecule has 2 heterocycles. The number of fused-ring (bicyclic) bond motifs is 1. The number of hydrogen-bond donors (Lipinski definition) is 1. The molecule has 2 aliphatic rings. The number of rotatable bonds is 6. The highest BCUT2D eigenvalue weighted by Crippen LogP contribution is 2.33. The van der Waals surface area contributed by atoms with E-state index in [0.717, 1.165) is 17.5 Å². The maximum absolute atomic E-state index is 12.5. The first-order valence-electron chi connectivity index (χ1n) is 9.48. The quantitative estimate of drug-likeness (QED) is 0.281. The molecule has 12 heteroatoms. The fourth-order valence-corrected chi connectivity index (χ4v) is 4.52. The molecule has 10 nitrogen and oxygen atoms in total. The van der Waals surface area contributed by atoms with Crippen molar-refractivity contribution in [1.82, 2.24) is 4.90 Å². The highest BCUT2D eigenvalue weighted by Gasteiger charge is 2.37. The van der Waals surface area contributed by atoms with Crippen LogP contribution in [-0.2, 0) is 11.4 Å². The molecular weight excluding hydrogens is 466 g/mol. The summed E-state index contributed by atoms with van der Waals surface area (Å²) in [5.41, 5.74) is 1.55. The molecule has 168 valence electrons. The smallest absolute Gasteiger partial charge is 0.283 e. The molecule has 0 aliphatic carbocycles. The van der Waals surface area contributed by atoms with Crippen LogP contribution in [0.4, 0.5) is 5.69 Å². The minimum atomic E-state index is -0.506. The number of methoxy groups -OCH3 is 1. The molecule has 0 radical (unpaired) electrons. The lowest BCUT2D eigenvalue weighted by atomic mass is 10.1. The van der Waals surface area contributed by atoms with Gasteiger partial charge in [-0.15, -0.1) is 0 Å². The number of amidine groups is 3. The summed E-state index contributed by atoms with van der Waals surface area (Å²) >= 11 is 2.44. The predicted molar refractivity (Wildman–Crippen MR) is 129 cm³/mol. The Balaban J connectivity index is 1.53. The minimum absolute atomic E-state index is 0.0106. The van der Waals surface area contributed by atoms with Crippen LogP contribution in [0.25, 0.3) is 6.08 Å². The number of ether oxygens (including phenoxy) is 2. The molecule has 0 atom stereocenters. The van der Waals surface area contributed by atoms with Crippen molar-refractivity contribution >= 4 is 57.6 Å². The topological polar surface area (TPSA) is 130 Å². The number of nitrogens with one attached hydrogen (secondary N) is 1. The van der Waals surface area contributed by atoms with E-state index >= 15 is 0 Å². The first kappa shape index (κ1) is 22.6. The van der Waals surface area contributed by atoms with E-state index in [1.165, 1.54) is 31.0 Å². The number of hydrogen-bond acceptors (Lipinski definition) is 9. The summed E-state index contributed by atoms with van der Waals surface area (Å²) in [5, 5.41) is 20.2. The van der Waals surface area contributed by atoms with Crippen LogP contribution in [0.1, 0.15) is 11.1 Å². The van der Waals surface area contributed by atoms with Crippen molar-refractivity contribution in [3.8, 4) is 11.5 Å². The molecule has 33 heavy (non-hydrogen) atoms. The molecule has 1 N–H and O–H groups in total. The molecule has 2 aromatic rings. The number of nitrogens with zero attached hydrogens (tertiary/aromatic N) is 4. The van der Waals surface area contributed by atoms with Crippen molar-refractivity contribution < 1.29 is 19.2 Å². The normalized spacial score (nSPS) is 16.4. The standard InChI is InChI=1S/C21H17N5O5S2/c1-30-17-10-13(5-8-16(17)31-11-12-3-6-14(7-4-12)26(28)29)9-15-18(22)25-20(23-19(15)27)33-24-21(25)32-2/h3-10,22H,11H2,1-2H3/b15-9-,22-18?. The summed E-state index contributed by atoms with van der Waals surface area (Å²) in [4.78, 5) is 28.4. The van der Waals surface area contributed by atoms with Crippen molar-refractivity contribution in [3.63, 3.8) is 0 Å². The number of aliphatic imine (C=N–C) groups is 1. The van der Waals surface area contributed by atoms with E-state index in [1.54, 1.807) is 41.3 Å². The Bertz CT molecular complexity index is 1240. The van der Waals surface area contributed by atoms with Crippen LogP contribution in [0, 0.1) is 15.5 Å². The third-order valence-corrected chi connectivity index (χ3v) is 6.17. The molecule has 2 aromatic carbocycles. The van der Waals surface area contributed by atoms with Gasteiger partial charge in [0.2, 0.25) is 5.17 Å². The Labute approximate surface area is 197 Å². The zero-order valence-electron chi connectivity index (χ0n) is 17.5. The Morgan fingerprint density at radius 2 is 2.00 bits per heavy atom. The van der Waals surface area contributed by atoms with E-state index in [1.807, 2.05) is 6.26 Å². The van der Waals surface area contributed by atoms with Crippen molar-refractivity contribution in [2.45, 2.75) is 6.61 Å². The minimum Gasteiger partial charge on any atom is -0.493 e. The van der Waals surface area contributed by atoms with Crippen LogP contribution in [0.2, 0.25) is 0 Å². The summed E-state index contributed by atoms with van der Waals surface area (Å²) in [6.45, 7) is 0.193. The van der Waals surface area contributed by atoms with E-state index in [0.29, 0.717) is 27.4 Å². The van der Waals surface area contributed by atoms with E-state index in [-0.39, 0.29) is 23.7 Å². The van der Waals surface area contributed by atoms with E-state index < -0.39 is 10.8 Å². The zero-order chi connectivity index (χ0) is 23.5. The number of amides is 1. The molecule has 0 unspecified atom stereocenters. The monoisotopic (exact) mass is 483 g/mol. The zero-order valence-corrected chi connectivity index (χ0v) is 19.1. The molecule has 0 bridgehead atoms. The second-order valence-corrected chi connectivity index (χ2v) is 8.24. The van der Waals surface area contributed by atoms with Gasteiger partial charge in [-0.3, -0.25) is 20.3 Å². The van der Waals surface area contributed by atoms with Gasteiger partial charge in [-0.25, -0.2) is 4.90 Å². The maximum atomic E-state index is 12.5. The summed E-state index contributed by atoms with van der Waals surface area (Å²) in [5.74, 6) is 0.416. The molecule has 0 fully saturated rings. The lowest BCUT2D eigenvalue weighted by Crippen LogP contribution is -2.41. The van der Waals surface area contributed by atoms with E-state index in [2.05, 4.69) is 9.39 Å². The van der Waals surface area contributed by atoms with Gasteiger partial charge in [0.1, 0.15) is 12.4 Å². The van der Waals surface area contributed by atoms with Crippen LogP contribution in [0.15, 0.2) is 57.4 Å². The summed E-state index contributed by atoms with van der Waals surface area (Å²) in [7, 11) is 1.50. The third kappa shape index (κ3) is 4.61. The van der Waals surface area contributed by atoms with E-state index in [9.17, 15) is 14.9 Å². The fourth-order valence-electron chi connectivity index (χ4n) is 3.07. The Kier molecular flexibility index (Phi) is 6.47. The lowest BCUT2D eigenvalue weighted by Gasteiger charge is -2.23. The molecular formula is C21H17N5O5S2. The molecule has 0 saturated heterocycles. The van der Waals surface area contributed by atoms with E-state index in [4.69, 9.17) is 14.9 Å². The largest absolute Gasteiger partial charge is 0.493 e. The molecule has 4 rings (SSSR count). The first-order valence-corrected chi connectivity index (χ1v) is 11.5. The molecule has 2 aliphatic heterocycles. The van der Waals surface area contributed by atoms with Gasteiger partial charge in [-0.05, 0) is 47.7 Å². The highest BCUT2D eigenvalue weighted by molar-refractivity contribution is 8.18. The van der Waals surface area contributed by atoms with Crippen molar-refractivity contribution in [1.29, 1.82) is 5.41 Å². The molecule has 0 spiro atoms. The average Bonchev–Trinajstić information content (AvgIpc) is 3.23. The molecule has 0 aromatic heterocycles. The fraction of sp³-hybridized carbons (Fsp3) is 0.143. The van der Waals surface area contributed by atoms with Crippen LogP contribution in [0.3, 0.4) is 0 Å². The van der Waals surface area contributed by atoms with Crippen LogP contribution >= 0.6 is 23.7 Å². The van der Waals surface area contributed by atoms with Crippen LogP contribution in [-0.4, -0.2) is 45.3 Å². The van der Waals surface area contributed by atoms with Crippen molar-refractivity contribution in [2.24, 2.45) is 9.39 Å². The van der Waals surface area contributed by atoms with Crippen LogP contribution in [0.5, 0.6) is 11.5 Å². The van der Waals surface area contributed by atoms with Gasteiger partial charge in [0, 0.05) is 12.1 Å². The second-order valence-electron chi connectivity index (χ2n) is 6.73. The first-order chi connectivity index (χ1) is 15.9. The Morgan fingerprint density at radius 3 is 2.67 bits per heavy atom.